The van der Waals surface area contributed by atoms with Gasteiger partial charge >= 0.3 is 6.18 Å². The molecule has 28 heavy (non-hydrogen) atoms. The molecule has 1 saturated carbocycles. The third-order valence-electron chi connectivity index (χ3n) is 4.67. The number of nitrogens with zero attached hydrogens (tertiary/aromatic N) is 6. The standard InChI is InChI=1S/C18H17F3N6S/c19-18(20,21)14-6-7-15(24-23-14)28-17-26-25-16(12-8-10-22-11-9-12)27(17)13-4-2-1-3-5-13/h6-11,13H,1-5H2. The molecule has 0 saturated heterocycles. The van der Waals surface area contributed by atoms with Gasteiger partial charge in [0.15, 0.2) is 16.7 Å². The number of hydrogen-bond donors (Lipinski definition) is 0. The molecular formula is C18H17F3N6S. The SMILES string of the molecule is FC(F)(F)c1ccc(Sc2nnc(-c3ccncc3)n2C2CCCCC2)nn1. The van der Waals surface area contributed by atoms with Crippen LogP contribution in [0.3, 0.4) is 0 Å². The van der Waals surface area contributed by atoms with Crippen LogP contribution in [0.1, 0.15) is 43.8 Å². The molecule has 3 aromatic rings. The van der Waals surface area contributed by atoms with Crippen molar-refractivity contribution in [2.45, 2.75) is 54.5 Å². The predicted molar refractivity (Wildman–Crippen MR) is 96.5 cm³/mol. The molecule has 146 valence electrons. The van der Waals surface area contributed by atoms with Crippen molar-refractivity contribution in [2.75, 3.05) is 0 Å². The van der Waals surface area contributed by atoms with E-state index in [1.807, 2.05) is 12.1 Å². The molecule has 1 aliphatic rings. The number of halogens is 3. The van der Waals surface area contributed by atoms with E-state index < -0.39 is 11.9 Å². The highest BCUT2D eigenvalue weighted by atomic mass is 32.2. The first-order valence-corrected chi connectivity index (χ1v) is 9.78. The van der Waals surface area contributed by atoms with E-state index in [0.29, 0.717) is 10.2 Å². The van der Waals surface area contributed by atoms with Crippen LogP contribution in [0.25, 0.3) is 11.4 Å². The highest BCUT2D eigenvalue weighted by Gasteiger charge is 2.33. The normalized spacial score (nSPS) is 15.7. The quantitative estimate of drug-likeness (QED) is 0.620. The molecule has 4 rings (SSSR count). The summed E-state index contributed by atoms with van der Waals surface area (Å²) in [7, 11) is 0. The summed E-state index contributed by atoms with van der Waals surface area (Å²) in [6.07, 6.45) is 4.38. The molecular weight excluding hydrogens is 389 g/mol. The zero-order chi connectivity index (χ0) is 19.6. The van der Waals surface area contributed by atoms with Crippen molar-refractivity contribution in [2.24, 2.45) is 0 Å². The Morgan fingerprint density at radius 1 is 0.893 bits per heavy atom. The van der Waals surface area contributed by atoms with E-state index >= 15 is 0 Å². The molecule has 10 heteroatoms. The Morgan fingerprint density at radius 3 is 2.29 bits per heavy atom. The van der Waals surface area contributed by atoms with Gasteiger partial charge in [-0.15, -0.1) is 20.4 Å². The van der Waals surface area contributed by atoms with E-state index in [0.717, 1.165) is 43.1 Å². The van der Waals surface area contributed by atoms with Crippen molar-refractivity contribution >= 4 is 11.8 Å². The second kappa shape index (κ2) is 7.86. The van der Waals surface area contributed by atoms with Gasteiger partial charge in [-0.3, -0.25) is 9.55 Å². The fraction of sp³-hybridized carbons (Fsp3) is 0.389. The maximum absolute atomic E-state index is 12.7. The average Bonchev–Trinajstić information content (AvgIpc) is 3.12. The zero-order valence-corrected chi connectivity index (χ0v) is 15.6. The largest absolute Gasteiger partial charge is 0.435 e. The summed E-state index contributed by atoms with van der Waals surface area (Å²) in [6.45, 7) is 0. The molecule has 0 bridgehead atoms. The molecule has 0 radical (unpaired) electrons. The molecule has 0 N–H and O–H groups in total. The van der Waals surface area contributed by atoms with Crippen molar-refractivity contribution in [3.63, 3.8) is 0 Å². The zero-order valence-electron chi connectivity index (χ0n) is 14.8. The minimum Gasteiger partial charge on any atom is -0.299 e. The number of rotatable bonds is 4. The fourth-order valence-corrected chi connectivity index (χ4v) is 4.15. The third-order valence-corrected chi connectivity index (χ3v) is 5.56. The van der Waals surface area contributed by atoms with Crippen molar-refractivity contribution in [1.29, 1.82) is 0 Å². The number of alkyl halides is 3. The summed E-state index contributed by atoms with van der Waals surface area (Å²) >= 11 is 1.18. The van der Waals surface area contributed by atoms with E-state index in [1.54, 1.807) is 12.4 Å². The minimum absolute atomic E-state index is 0.247. The number of hydrogen-bond acceptors (Lipinski definition) is 6. The lowest BCUT2D eigenvalue weighted by Gasteiger charge is -2.25. The van der Waals surface area contributed by atoms with Crippen molar-refractivity contribution < 1.29 is 13.2 Å². The molecule has 0 aromatic carbocycles. The van der Waals surface area contributed by atoms with Gasteiger partial charge in [-0.2, -0.15) is 13.2 Å². The second-order valence-electron chi connectivity index (χ2n) is 6.56. The lowest BCUT2D eigenvalue weighted by molar-refractivity contribution is -0.141. The van der Waals surface area contributed by atoms with Crippen molar-refractivity contribution in [3.05, 3.63) is 42.4 Å². The highest BCUT2D eigenvalue weighted by molar-refractivity contribution is 7.99. The van der Waals surface area contributed by atoms with Crippen LogP contribution in [-0.2, 0) is 6.18 Å². The van der Waals surface area contributed by atoms with E-state index in [1.165, 1.54) is 24.2 Å². The summed E-state index contributed by atoms with van der Waals surface area (Å²) in [5.41, 5.74) is -0.110. The maximum atomic E-state index is 12.7. The molecule has 0 aliphatic heterocycles. The van der Waals surface area contributed by atoms with E-state index in [2.05, 4.69) is 29.9 Å². The number of pyridine rings is 1. The van der Waals surface area contributed by atoms with Gasteiger partial charge in [0.2, 0.25) is 0 Å². The summed E-state index contributed by atoms with van der Waals surface area (Å²) in [5, 5.41) is 16.6. The summed E-state index contributed by atoms with van der Waals surface area (Å²) < 4.78 is 40.2. The Hall–Kier alpha value is -2.49. The molecule has 0 unspecified atom stereocenters. The van der Waals surface area contributed by atoms with Gasteiger partial charge in [-0.25, -0.2) is 0 Å². The molecule has 0 amide bonds. The second-order valence-corrected chi connectivity index (χ2v) is 7.55. The van der Waals surface area contributed by atoms with Gasteiger partial charge in [-0.1, -0.05) is 19.3 Å². The fourth-order valence-electron chi connectivity index (χ4n) is 3.33. The molecule has 6 nitrogen and oxygen atoms in total. The Bertz CT molecular complexity index is 921. The van der Waals surface area contributed by atoms with Gasteiger partial charge in [-0.05, 0) is 48.9 Å². The summed E-state index contributed by atoms with van der Waals surface area (Å²) in [4.78, 5) is 4.04. The molecule has 3 aromatic heterocycles. The van der Waals surface area contributed by atoms with Crippen LogP contribution < -0.4 is 0 Å². The van der Waals surface area contributed by atoms with Crippen molar-refractivity contribution in [3.8, 4) is 11.4 Å². The monoisotopic (exact) mass is 406 g/mol. The molecule has 0 spiro atoms. The van der Waals surface area contributed by atoms with Crippen LogP contribution in [0, 0.1) is 0 Å². The van der Waals surface area contributed by atoms with Gasteiger partial charge < -0.3 is 0 Å². The highest BCUT2D eigenvalue weighted by Crippen LogP contribution is 2.37. The van der Waals surface area contributed by atoms with Crippen LogP contribution in [0.5, 0.6) is 0 Å². The van der Waals surface area contributed by atoms with Gasteiger partial charge in [0.25, 0.3) is 0 Å². The first-order valence-electron chi connectivity index (χ1n) is 8.96. The Kier molecular flexibility index (Phi) is 5.29. The van der Waals surface area contributed by atoms with Crippen LogP contribution in [0.15, 0.2) is 46.8 Å². The van der Waals surface area contributed by atoms with Crippen LogP contribution in [0.2, 0.25) is 0 Å². The maximum Gasteiger partial charge on any atom is 0.435 e. The van der Waals surface area contributed by atoms with Gasteiger partial charge in [0.1, 0.15) is 5.03 Å². The lowest BCUT2D eigenvalue weighted by Crippen LogP contribution is -2.15. The van der Waals surface area contributed by atoms with E-state index in [-0.39, 0.29) is 6.04 Å². The Balaban J connectivity index is 1.67. The predicted octanol–water partition coefficient (Wildman–Crippen LogP) is 4.81. The smallest absolute Gasteiger partial charge is 0.299 e. The minimum atomic E-state index is -4.51. The molecule has 1 aliphatic carbocycles. The Morgan fingerprint density at radius 2 is 1.64 bits per heavy atom. The third kappa shape index (κ3) is 4.01. The Labute approximate surface area is 163 Å². The topological polar surface area (TPSA) is 69.4 Å². The van der Waals surface area contributed by atoms with Crippen molar-refractivity contribution in [1.82, 2.24) is 29.9 Å². The number of aromatic nitrogens is 6. The van der Waals surface area contributed by atoms with Gasteiger partial charge in [0, 0.05) is 24.0 Å². The summed E-state index contributed by atoms with van der Waals surface area (Å²) in [5.74, 6) is 0.733. The van der Waals surface area contributed by atoms with Gasteiger partial charge in [0.05, 0.1) is 0 Å². The van der Waals surface area contributed by atoms with Crippen LogP contribution in [0.4, 0.5) is 13.2 Å². The lowest BCUT2D eigenvalue weighted by atomic mass is 9.95. The first kappa shape index (κ1) is 18.9. The van der Waals surface area contributed by atoms with E-state index in [9.17, 15) is 13.2 Å². The summed E-state index contributed by atoms with van der Waals surface area (Å²) in [6, 6.07) is 6.23. The molecule has 3 heterocycles. The molecule has 0 atom stereocenters. The van der Waals surface area contributed by atoms with Crippen LogP contribution >= 0.6 is 11.8 Å². The first-order chi connectivity index (χ1) is 13.5. The van der Waals surface area contributed by atoms with E-state index in [4.69, 9.17) is 0 Å². The molecule has 1 fully saturated rings. The average molecular weight is 406 g/mol. The van der Waals surface area contributed by atoms with Crippen LogP contribution in [-0.4, -0.2) is 29.9 Å².